The summed E-state index contributed by atoms with van der Waals surface area (Å²) in [6.07, 6.45) is 7.11. The van der Waals surface area contributed by atoms with Gasteiger partial charge in [0.1, 0.15) is 0 Å². The third-order valence-electron chi connectivity index (χ3n) is 5.67. The quantitative estimate of drug-likeness (QED) is 0.791. The smallest absolute Gasteiger partial charge is 0.0505 e. The van der Waals surface area contributed by atoms with Crippen molar-refractivity contribution in [3.05, 3.63) is 0 Å². The van der Waals surface area contributed by atoms with Gasteiger partial charge in [-0.15, -0.1) is 0 Å². The normalized spacial score (nSPS) is 50.2. The Bertz CT molecular complexity index is 246. The van der Waals surface area contributed by atoms with E-state index < -0.39 is 0 Å². The lowest BCUT2D eigenvalue weighted by Gasteiger charge is -2.61. The Labute approximate surface area is 99.0 Å². The van der Waals surface area contributed by atoms with Crippen molar-refractivity contribution in [3.8, 4) is 0 Å². The minimum absolute atomic E-state index is 0.247. The summed E-state index contributed by atoms with van der Waals surface area (Å²) in [4.78, 5) is 2.29. The first-order chi connectivity index (χ1) is 7.64. The highest BCUT2D eigenvalue weighted by atomic mass is 16.3. The molecular formula is C14H25NO. The van der Waals surface area contributed by atoms with Gasteiger partial charge in [0.05, 0.1) is 6.61 Å². The Morgan fingerprint density at radius 2 is 1.50 bits per heavy atom. The summed E-state index contributed by atoms with van der Waals surface area (Å²) in [6.45, 7) is 1.51. The molecule has 0 saturated heterocycles. The van der Waals surface area contributed by atoms with Crippen LogP contribution in [0.3, 0.4) is 0 Å². The highest BCUT2D eigenvalue weighted by molar-refractivity contribution is 5.06. The summed E-state index contributed by atoms with van der Waals surface area (Å²) < 4.78 is 0. The molecule has 4 bridgehead atoms. The van der Waals surface area contributed by atoms with Gasteiger partial charge in [-0.3, -0.25) is 0 Å². The standard InChI is InChI=1S/C14H25NO/c1-15(2)8-14(9-16)12-4-10-3-11(6-12)7-13(14)5-10/h10-13,16H,3-9H2,1-2H3. The van der Waals surface area contributed by atoms with Gasteiger partial charge >= 0.3 is 0 Å². The van der Waals surface area contributed by atoms with Crippen molar-refractivity contribution in [2.45, 2.75) is 32.1 Å². The number of aliphatic hydroxyl groups excluding tert-OH is 1. The van der Waals surface area contributed by atoms with Crippen molar-refractivity contribution in [1.29, 1.82) is 0 Å². The van der Waals surface area contributed by atoms with E-state index in [0.717, 1.165) is 30.2 Å². The third kappa shape index (κ3) is 1.46. The predicted molar refractivity (Wildman–Crippen MR) is 65.1 cm³/mol. The van der Waals surface area contributed by atoms with Crippen molar-refractivity contribution in [3.63, 3.8) is 0 Å². The van der Waals surface area contributed by atoms with Crippen LogP contribution in [0.25, 0.3) is 0 Å². The Morgan fingerprint density at radius 3 is 1.88 bits per heavy atom. The van der Waals surface area contributed by atoms with E-state index in [4.69, 9.17) is 0 Å². The molecule has 1 N–H and O–H groups in total. The van der Waals surface area contributed by atoms with Crippen LogP contribution < -0.4 is 0 Å². The number of aliphatic hydroxyl groups is 1. The maximum absolute atomic E-state index is 9.97. The lowest BCUT2D eigenvalue weighted by Crippen LogP contribution is -2.58. The van der Waals surface area contributed by atoms with E-state index in [0.29, 0.717) is 6.61 Å². The molecule has 0 spiro atoms. The largest absolute Gasteiger partial charge is 0.396 e. The first kappa shape index (κ1) is 11.0. The average Bonchev–Trinajstić information content (AvgIpc) is 2.22. The number of hydrogen-bond donors (Lipinski definition) is 1. The van der Waals surface area contributed by atoms with Crippen LogP contribution in [0.5, 0.6) is 0 Å². The highest BCUT2D eigenvalue weighted by Crippen LogP contribution is 2.62. The monoisotopic (exact) mass is 223 g/mol. The zero-order chi connectivity index (χ0) is 11.3. The molecule has 4 aliphatic rings. The van der Waals surface area contributed by atoms with Crippen LogP contribution in [0.15, 0.2) is 0 Å². The molecule has 4 aliphatic carbocycles. The van der Waals surface area contributed by atoms with E-state index in [-0.39, 0.29) is 5.41 Å². The first-order valence-electron chi connectivity index (χ1n) is 6.89. The Kier molecular flexibility index (Phi) is 2.56. The fourth-order valence-electron chi connectivity index (χ4n) is 5.28. The number of hydrogen-bond acceptors (Lipinski definition) is 2. The second kappa shape index (κ2) is 3.71. The molecular weight excluding hydrogens is 198 g/mol. The minimum Gasteiger partial charge on any atom is -0.396 e. The van der Waals surface area contributed by atoms with Crippen LogP contribution >= 0.6 is 0 Å². The second-order valence-corrected chi connectivity index (χ2v) is 6.93. The zero-order valence-electron chi connectivity index (χ0n) is 10.7. The van der Waals surface area contributed by atoms with Crippen molar-refractivity contribution < 1.29 is 5.11 Å². The molecule has 2 nitrogen and oxygen atoms in total. The number of nitrogens with zero attached hydrogens (tertiary/aromatic N) is 1. The predicted octanol–water partition coefficient (Wildman–Crippen LogP) is 1.98. The molecule has 0 heterocycles. The average molecular weight is 223 g/mol. The molecule has 0 aromatic rings. The fourth-order valence-corrected chi connectivity index (χ4v) is 5.28. The molecule has 0 atom stereocenters. The summed E-state index contributed by atoms with van der Waals surface area (Å²) in [5, 5.41) is 9.97. The summed E-state index contributed by atoms with van der Waals surface area (Å²) in [6, 6.07) is 0. The van der Waals surface area contributed by atoms with Gasteiger partial charge in [0.2, 0.25) is 0 Å². The van der Waals surface area contributed by atoms with Gasteiger partial charge in [-0.2, -0.15) is 0 Å². The van der Waals surface area contributed by atoms with E-state index in [2.05, 4.69) is 19.0 Å². The molecule has 0 unspecified atom stereocenters. The zero-order valence-corrected chi connectivity index (χ0v) is 10.7. The van der Waals surface area contributed by atoms with Crippen molar-refractivity contribution in [2.24, 2.45) is 29.1 Å². The van der Waals surface area contributed by atoms with Gasteiger partial charge in [0.15, 0.2) is 0 Å². The van der Waals surface area contributed by atoms with Crippen LogP contribution in [-0.2, 0) is 0 Å². The van der Waals surface area contributed by atoms with Crippen LogP contribution in [-0.4, -0.2) is 37.3 Å². The lowest BCUT2D eigenvalue weighted by atomic mass is 9.45. The van der Waals surface area contributed by atoms with Crippen molar-refractivity contribution >= 4 is 0 Å². The topological polar surface area (TPSA) is 23.5 Å². The van der Waals surface area contributed by atoms with E-state index in [1.807, 2.05) is 0 Å². The molecule has 0 aromatic carbocycles. The van der Waals surface area contributed by atoms with Gasteiger partial charge in [0, 0.05) is 12.0 Å². The molecule has 0 radical (unpaired) electrons. The SMILES string of the molecule is CN(C)CC1(CO)C2CC3CC(C2)CC1C3. The van der Waals surface area contributed by atoms with Gasteiger partial charge < -0.3 is 10.0 Å². The fraction of sp³-hybridized carbons (Fsp3) is 1.00. The van der Waals surface area contributed by atoms with Crippen LogP contribution in [0, 0.1) is 29.1 Å². The second-order valence-electron chi connectivity index (χ2n) is 6.93. The van der Waals surface area contributed by atoms with Gasteiger partial charge in [0.25, 0.3) is 0 Å². The molecule has 4 fully saturated rings. The Morgan fingerprint density at radius 1 is 1.00 bits per heavy atom. The van der Waals surface area contributed by atoms with Gasteiger partial charge in [-0.05, 0) is 69.9 Å². The van der Waals surface area contributed by atoms with Gasteiger partial charge in [-0.1, -0.05) is 0 Å². The summed E-state index contributed by atoms with van der Waals surface area (Å²) >= 11 is 0. The molecule has 92 valence electrons. The molecule has 4 rings (SSSR count). The third-order valence-corrected chi connectivity index (χ3v) is 5.67. The maximum Gasteiger partial charge on any atom is 0.0505 e. The van der Waals surface area contributed by atoms with Crippen LogP contribution in [0.1, 0.15) is 32.1 Å². The highest BCUT2D eigenvalue weighted by Gasteiger charge is 2.56. The Balaban J connectivity index is 1.88. The summed E-state index contributed by atoms with van der Waals surface area (Å²) in [7, 11) is 4.31. The Hall–Kier alpha value is -0.0800. The van der Waals surface area contributed by atoms with Crippen molar-refractivity contribution in [1.82, 2.24) is 4.90 Å². The van der Waals surface area contributed by atoms with E-state index in [9.17, 15) is 5.11 Å². The summed E-state index contributed by atoms with van der Waals surface area (Å²) in [5.41, 5.74) is 0.247. The van der Waals surface area contributed by atoms with Crippen LogP contribution in [0.4, 0.5) is 0 Å². The van der Waals surface area contributed by atoms with E-state index >= 15 is 0 Å². The first-order valence-corrected chi connectivity index (χ1v) is 6.89. The molecule has 16 heavy (non-hydrogen) atoms. The molecule has 0 amide bonds. The van der Waals surface area contributed by atoms with E-state index in [1.165, 1.54) is 32.1 Å². The molecule has 0 aliphatic heterocycles. The molecule has 2 heteroatoms. The van der Waals surface area contributed by atoms with Crippen molar-refractivity contribution in [2.75, 3.05) is 27.2 Å². The number of rotatable bonds is 3. The molecule has 0 aromatic heterocycles. The minimum atomic E-state index is 0.247. The maximum atomic E-state index is 9.97. The van der Waals surface area contributed by atoms with Crippen LogP contribution in [0.2, 0.25) is 0 Å². The lowest BCUT2D eigenvalue weighted by molar-refractivity contribution is -0.140. The summed E-state index contributed by atoms with van der Waals surface area (Å²) in [5.74, 6) is 3.64. The van der Waals surface area contributed by atoms with Gasteiger partial charge in [-0.25, -0.2) is 0 Å². The molecule has 4 saturated carbocycles. The van der Waals surface area contributed by atoms with E-state index in [1.54, 1.807) is 0 Å².